The number of carbonyl (C=O) groups excluding carboxylic acids is 1. The van der Waals surface area contributed by atoms with Crippen molar-refractivity contribution in [2.45, 2.75) is 38.6 Å². The van der Waals surface area contributed by atoms with Gasteiger partial charge < -0.3 is 5.32 Å². The van der Waals surface area contributed by atoms with Crippen LogP contribution in [0, 0.1) is 5.92 Å². The Morgan fingerprint density at radius 1 is 1.35 bits per heavy atom. The van der Waals surface area contributed by atoms with Gasteiger partial charge in [-0.05, 0) is 36.5 Å². The lowest BCUT2D eigenvalue weighted by Gasteiger charge is -2.33. The van der Waals surface area contributed by atoms with E-state index < -0.39 is 0 Å². The van der Waals surface area contributed by atoms with Crippen LogP contribution in [0.25, 0.3) is 0 Å². The fraction of sp³-hybridized carbons (Fsp3) is 0.500. The molecule has 3 heteroatoms. The first-order valence-corrected chi connectivity index (χ1v) is 6.87. The van der Waals surface area contributed by atoms with Crippen LogP contribution < -0.4 is 5.32 Å². The molecule has 0 aliphatic carbocycles. The van der Waals surface area contributed by atoms with Gasteiger partial charge in [-0.1, -0.05) is 41.9 Å². The van der Waals surface area contributed by atoms with E-state index in [1.165, 1.54) is 5.56 Å². The summed E-state index contributed by atoms with van der Waals surface area (Å²) in [6, 6.07) is 8.36. The molecular weight excluding hydrogens is 278 g/mol. The number of halogens is 1. The van der Waals surface area contributed by atoms with Gasteiger partial charge in [0.05, 0.1) is 0 Å². The van der Waals surface area contributed by atoms with Crippen LogP contribution in [0.3, 0.4) is 0 Å². The molecule has 2 nitrogen and oxygen atoms in total. The van der Waals surface area contributed by atoms with Crippen LogP contribution in [0.2, 0.25) is 0 Å². The Bertz CT molecular complexity index is 413. The molecule has 17 heavy (non-hydrogen) atoms. The van der Waals surface area contributed by atoms with E-state index in [9.17, 15) is 4.79 Å². The third-order valence-corrected chi connectivity index (χ3v) is 4.25. The van der Waals surface area contributed by atoms with Gasteiger partial charge in [0.1, 0.15) is 0 Å². The Balaban J connectivity index is 2.19. The molecule has 1 aromatic carbocycles. The molecule has 1 atom stereocenters. The average Bonchev–Trinajstić information content (AvgIpc) is 2.65. The van der Waals surface area contributed by atoms with Crippen molar-refractivity contribution in [3.05, 3.63) is 34.3 Å². The minimum atomic E-state index is -0.0507. The predicted molar refractivity (Wildman–Crippen MR) is 72.8 cm³/mol. The monoisotopic (exact) mass is 295 g/mol. The van der Waals surface area contributed by atoms with Crippen molar-refractivity contribution in [3.63, 3.8) is 0 Å². The normalized spacial score (nSPS) is 24.1. The van der Waals surface area contributed by atoms with E-state index in [0.29, 0.717) is 12.3 Å². The minimum absolute atomic E-state index is 0.0507. The second kappa shape index (κ2) is 4.81. The van der Waals surface area contributed by atoms with Gasteiger partial charge in [-0.15, -0.1) is 0 Å². The van der Waals surface area contributed by atoms with Crippen molar-refractivity contribution >= 4 is 21.8 Å². The number of benzene rings is 1. The van der Waals surface area contributed by atoms with Crippen LogP contribution >= 0.6 is 15.9 Å². The van der Waals surface area contributed by atoms with Gasteiger partial charge in [-0.3, -0.25) is 4.79 Å². The predicted octanol–water partition coefficient (Wildman–Crippen LogP) is 3.30. The molecule has 1 aliphatic rings. The lowest BCUT2D eigenvalue weighted by Crippen LogP contribution is -2.48. The Hall–Kier alpha value is -0.830. The Kier molecular flexibility index (Phi) is 3.57. The SMILES string of the molecule is CC(C)C1(Cc2ccc(Br)cc2)CCC(=O)N1. The summed E-state index contributed by atoms with van der Waals surface area (Å²) in [4.78, 5) is 11.5. The summed E-state index contributed by atoms with van der Waals surface area (Å²) in [6.07, 6.45) is 2.53. The number of amides is 1. The average molecular weight is 296 g/mol. The summed E-state index contributed by atoms with van der Waals surface area (Å²) in [6.45, 7) is 4.37. The topological polar surface area (TPSA) is 29.1 Å². The Morgan fingerprint density at radius 2 is 2.00 bits per heavy atom. The van der Waals surface area contributed by atoms with Crippen LogP contribution in [0.4, 0.5) is 0 Å². The summed E-state index contributed by atoms with van der Waals surface area (Å²) in [5.41, 5.74) is 1.23. The lowest BCUT2D eigenvalue weighted by atomic mass is 9.80. The molecule has 0 aromatic heterocycles. The van der Waals surface area contributed by atoms with Crippen LogP contribution in [0.5, 0.6) is 0 Å². The first kappa shape index (κ1) is 12.6. The molecule has 1 saturated heterocycles. The van der Waals surface area contributed by atoms with Crippen molar-refractivity contribution in [1.29, 1.82) is 0 Å². The zero-order valence-corrected chi connectivity index (χ0v) is 11.9. The van der Waals surface area contributed by atoms with Gasteiger partial charge in [-0.25, -0.2) is 0 Å². The highest BCUT2D eigenvalue weighted by atomic mass is 79.9. The lowest BCUT2D eigenvalue weighted by molar-refractivity contribution is -0.120. The molecule has 2 rings (SSSR count). The maximum absolute atomic E-state index is 11.5. The van der Waals surface area contributed by atoms with Gasteiger partial charge in [0.2, 0.25) is 5.91 Å². The molecule has 0 radical (unpaired) electrons. The van der Waals surface area contributed by atoms with E-state index in [1.54, 1.807) is 0 Å². The smallest absolute Gasteiger partial charge is 0.220 e. The molecule has 1 N–H and O–H groups in total. The Morgan fingerprint density at radius 3 is 2.47 bits per heavy atom. The molecule has 1 heterocycles. The summed E-state index contributed by atoms with van der Waals surface area (Å²) < 4.78 is 1.09. The third kappa shape index (κ3) is 2.71. The standard InChI is InChI=1S/C14H18BrNO/c1-10(2)14(8-7-13(17)16-14)9-11-3-5-12(15)6-4-11/h3-6,10H,7-9H2,1-2H3,(H,16,17). The summed E-state index contributed by atoms with van der Waals surface area (Å²) in [7, 11) is 0. The molecule has 92 valence electrons. The zero-order valence-electron chi connectivity index (χ0n) is 10.3. The number of hydrogen-bond acceptors (Lipinski definition) is 1. The molecule has 0 bridgehead atoms. The summed E-state index contributed by atoms with van der Waals surface area (Å²) >= 11 is 3.44. The molecule has 0 saturated carbocycles. The molecule has 1 fully saturated rings. The Labute approximate surface area is 111 Å². The van der Waals surface area contributed by atoms with Gasteiger partial charge in [0.25, 0.3) is 0 Å². The van der Waals surface area contributed by atoms with E-state index in [1.807, 2.05) is 0 Å². The quantitative estimate of drug-likeness (QED) is 0.911. The van der Waals surface area contributed by atoms with E-state index >= 15 is 0 Å². The highest BCUT2D eigenvalue weighted by molar-refractivity contribution is 9.10. The van der Waals surface area contributed by atoms with Crippen molar-refractivity contribution in [3.8, 4) is 0 Å². The molecule has 0 spiro atoms. The molecular formula is C14H18BrNO. The summed E-state index contributed by atoms with van der Waals surface area (Å²) in [5, 5.41) is 3.18. The maximum Gasteiger partial charge on any atom is 0.220 e. The van der Waals surface area contributed by atoms with Crippen LogP contribution in [-0.4, -0.2) is 11.4 Å². The van der Waals surface area contributed by atoms with E-state index in [4.69, 9.17) is 0 Å². The molecule has 1 aromatic rings. The van der Waals surface area contributed by atoms with Crippen LogP contribution in [0.15, 0.2) is 28.7 Å². The molecule has 1 unspecified atom stereocenters. The minimum Gasteiger partial charge on any atom is -0.350 e. The number of nitrogens with one attached hydrogen (secondary N) is 1. The van der Waals surface area contributed by atoms with Gasteiger partial charge in [0, 0.05) is 16.4 Å². The fourth-order valence-corrected chi connectivity index (χ4v) is 2.74. The van der Waals surface area contributed by atoms with Crippen LogP contribution in [-0.2, 0) is 11.2 Å². The highest BCUT2D eigenvalue weighted by Gasteiger charge is 2.40. The van der Waals surface area contributed by atoms with Crippen molar-refractivity contribution < 1.29 is 4.79 Å². The molecule has 1 amide bonds. The third-order valence-electron chi connectivity index (χ3n) is 3.72. The molecule has 1 aliphatic heterocycles. The number of hydrogen-bond donors (Lipinski definition) is 1. The first-order chi connectivity index (χ1) is 8.02. The fourth-order valence-electron chi connectivity index (χ4n) is 2.48. The maximum atomic E-state index is 11.5. The first-order valence-electron chi connectivity index (χ1n) is 6.07. The van der Waals surface area contributed by atoms with Gasteiger partial charge in [0.15, 0.2) is 0 Å². The largest absolute Gasteiger partial charge is 0.350 e. The van der Waals surface area contributed by atoms with E-state index in [-0.39, 0.29) is 11.4 Å². The zero-order chi connectivity index (χ0) is 12.5. The van der Waals surface area contributed by atoms with E-state index in [2.05, 4.69) is 59.4 Å². The van der Waals surface area contributed by atoms with E-state index in [0.717, 1.165) is 17.3 Å². The van der Waals surface area contributed by atoms with Crippen LogP contribution in [0.1, 0.15) is 32.3 Å². The second-order valence-electron chi connectivity index (χ2n) is 5.16. The second-order valence-corrected chi connectivity index (χ2v) is 6.08. The van der Waals surface area contributed by atoms with Crippen molar-refractivity contribution in [2.75, 3.05) is 0 Å². The van der Waals surface area contributed by atoms with Crippen molar-refractivity contribution in [2.24, 2.45) is 5.92 Å². The number of rotatable bonds is 3. The van der Waals surface area contributed by atoms with Gasteiger partial charge in [-0.2, -0.15) is 0 Å². The number of carbonyl (C=O) groups is 1. The van der Waals surface area contributed by atoms with Crippen molar-refractivity contribution in [1.82, 2.24) is 5.32 Å². The summed E-state index contributed by atoms with van der Waals surface area (Å²) in [5.74, 6) is 0.647. The highest BCUT2D eigenvalue weighted by Crippen LogP contribution is 2.32. The van der Waals surface area contributed by atoms with Gasteiger partial charge >= 0.3 is 0 Å².